The molecule has 0 bridgehead atoms. The van der Waals surface area contributed by atoms with Gasteiger partial charge in [-0.15, -0.1) is 10.2 Å². The molecule has 1 aromatic heterocycles. The second kappa shape index (κ2) is 9.75. The summed E-state index contributed by atoms with van der Waals surface area (Å²) in [4.78, 5) is 13.1. The summed E-state index contributed by atoms with van der Waals surface area (Å²) in [5.41, 5.74) is 3.12. The minimum absolute atomic E-state index is 0.135. The van der Waals surface area contributed by atoms with Crippen molar-refractivity contribution < 1.29 is 19.0 Å². The van der Waals surface area contributed by atoms with Crippen LogP contribution in [0.15, 0.2) is 91.0 Å². The fourth-order valence-corrected chi connectivity index (χ4v) is 3.44. The third-order valence-electron chi connectivity index (χ3n) is 5.03. The van der Waals surface area contributed by atoms with Crippen LogP contribution in [-0.2, 0) is 4.79 Å². The molecule has 0 radical (unpaired) electrons. The summed E-state index contributed by atoms with van der Waals surface area (Å²) in [6.07, 6.45) is 0. The Kier molecular flexibility index (Phi) is 6.41. The summed E-state index contributed by atoms with van der Waals surface area (Å²) in [6.45, 7) is 0. The van der Waals surface area contributed by atoms with Crippen LogP contribution in [0.5, 0.6) is 17.4 Å². The number of aromatic nitrogens is 2. The highest BCUT2D eigenvalue weighted by molar-refractivity contribution is 5.83. The number of carbonyl (C=O) groups is 1. The Morgan fingerprint density at radius 1 is 0.719 bits per heavy atom. The van der Waals surface area contributed by atoms with Gasteiger partial charge in [0.15, 0.2) is 11.5 Å². The molecule has 3 aromatic carbocycles. The van der Waals surface area contributed by atoms with Crippen LogP contribution in [-0.4, -0.2) is 30.4 Å². The quantitative estimate of drug-likeness (QED) is 0.392. The van der Waals surface area contributed by atoms with Gasteiger partial charge in [-0.2, -0.15) is 0 Å². The summed E-state index contributed by atoms with van der Waals surface area (Å²) in [5, 5.41) is 8.31. The lowest BCUT2D eigenvalue weighted by atomic mass is 9.91. The molecule has 0 N–H and O–H groups in total. The number of nitrogens with zero attached hydrogens (tertiary/aromatic N) is 2. The Labute approximate surface area is 186 Å². The Hall–Kier alpha value is -4.19. The molecule has 0 atom stereocenters. The zero-order valence-electron chi connectivity index (χ0n) is 17.8. The van der Waals surface area contributed by atoms with E-state index in [4.69, 9.17) is 14.2 Å². The first-order valence-electron chi connectivity index (χ1n) is 10.1. The number of carbonyl (C=O) groups excluding carboxylic acids is 1. The van der Waals surface area contributed by atoms with Gasteiger partial charge in [0.1, 0.15) is 5.92 Å². The van der Waals surface area contributed by atoms with E-state index in [0.717, 1.165) is 16.7 Å². The number of benzene rings is 3. The number of methoxy groups -OCH3 is 2. The molecule has 0 aliphatic heterocycles. The van der Waals surface area contributed by atoms with E-state index in [0.29, 0.717) is 17.2 Å². The van der Waals surface area contributed by atoms with Crippen molar-refractivity contribution in [3.05, 3.63) is 102 Å². The van der Waals surface area contributed by atoms with E-state index in [1.54, 1.807) is 32.4 Å². The van der Waals surface area contributed by atoms with Gasteiger partial charge < -0.3 is 14.2 Å². The number of rotatable bonds is 7. The van der Waals surface area contributed by atoms with E-state index < -0.39 is 11.9 Å². The molecule has 0 amide bonds. The summed E-state index contributed by atoms with van der Waals surface area (Å²) >= 11 is 0. The number of hydrogen-bond donors (Lipinski definition) is 0. The minimum Gasteiger partial charge on any atom is -0.493 e. The Morgan fingerprint density at radius 2 is 1.34 bits per heavy atom. The number of ether oxygens (including phenoxy) is 3. The molecule has 4 aromatic rings. The van der Waals surface area contributed by atoms with Gasteiger partial charge in [-0.1, -0.05) is 60.7 Å². The zero-order chi connectivity index (χ0) is 22.3. The van der Waals surface area contributed by atoms with Crippen LogP contribution < -0.4 is 14.2 Å². The fourth-order valence-electron chi connectivity index (χ4n) is 3.44. The van der Waals surface area contributed by atoms with Crippen LogP contribution in [0.3, 0.4) is 0 Å². The lowest BCUT2D eigenvalue weighted by Crippen LogP contribution is -2.20. The summed E-state index contributed by atoms with van der Waals surface area (Å²) in [7, 11) is 3.16. The van der Waals surface area contributed by atoms with E-state index in [9.17, 15) is 4.79 Å². The average Bonchev–Trinajstić information content (AvgIpc) is 2.85. The summed E-state index contributed by atoms with van der Waals surface area (Å²) in [6, 6.07) is 27.9. The molecule has 1 heterocycles. The molecule has 6 heteroatoms. The van der Waals surface area contributed by atoms with Gasteiger partial charge >= 0.3 is 5.97 Å². The predicted octanol–water partition coefficient (Wildman–Crippen LogP) is 4.90. The van der Waals surface area contributed by atoms with Gasteiger partial charge in [-0.05, 0) is 35.4 Å². The molecule has 0 saturated carbocycles. The maximum Gasteiger partial charge on any atom is 0.324 e. The molecule has 0 aliphatic rings. The maximum absolute atomic E-state index is 13.1. The molecule has 4 rings (SSSR count). The highest BCUT2D eigenvalue weighted by Gasteiger charge is 2.25. The van der Waals surface area contributed by atoms with E-state index in [1.807, 2.05) is 72.8 Å². The van der Waals surface area contributed by atoms with Crippen molar-refractivity contribution in [3.63, 3.8) is 0 Å². The first-order chi connectivity index (χ1) is 15.7. The highest BCUT2D eigenvalue weighted by Crippen LogP contribution is 2.32. The number of esters is 1. The molecule has 0 fully saturated rings. The maximum atomic E-state index is 13.1. The van der Waals surface area contributed by atoms with Gasteiger partial charge in [0, 0.05) is 11.6 Å². The van der Waals surface area contributed by atoms with Crippen molar-refractivity contribution in [2.24, 2.45) is 0 Å². The summed E-state index contributed by atoms with van der Waals surface area (Å²) in [5.74, 6) is 0.370. The van der Waals surface area contributed by atoms with Crippen LogP contribution in [0.25, 0.3) is 11.3 Å². The standard InChI is InChI=1S/C26H22N2O4/c1-30-22-15-13-20(17-23(22)31-2)21-14-16-24(28-27-21)32-26(29)25(18-9-5-3-6-10-18)19-11-7-4-8-12-19/h3-17,25H,1-2H3. The fraction of sp³-hybridized carbons (Fsp3) is 0.115. The van der Waals surface area contributed by atoms with Crippen LogP contribution >= 0.6 is 0 Å². The minimum atomic E-state index is -0.565. The average molecular weight is 426 g/mol. The zero-order valence-corrected chi connectivity index (χ0v) is 17.8. The van der Waals surface area contributed by atoms with E-state index >= 15 is 0 Å². The molecule has 32 heavy (non-hydrogen) atoms. The second-order valence-electron chi connectivity index (χ2n) is 7.00. The largest absolute Gasteiger partial charge is 0.493 e. The molecule has 160 valence electrons. The molecule has 0 aliphatic carbocycles. The normalized spacial score (nSPS) is 10.6. The molecular formula is C26H22N2O4. The van der Waals surface area contributed by atoms with Gasteiger partial charge in [0.2, 0.25) is 5.88 Å². The Balaban J connectivity index is 1.56. The van der Waals surface area contributed by atoms with Crippen molar-refractivity contribution in [1.29, 1.82) is 0 Å². The topological polar surface area (TPSA) is 70.5 Å². The Morgan fingerprint density at radius 3 is 1.88 bits per heavy atom. The molecule has 0 unspecified atom stereocenters. The molecule has 0 saturated heterocycles. The predicted molar refractivity (Wildman–Crippen MR) is 121 cm³/mol. The molecule has 6 nitrogen and oxygen atoms in total. The van der Waals surface area contributed by atoms with Gasteiger partial charge in [0.25, 0.3) is 0 Å². The van der Waals surface area contributed by atoms with Crippen molar-refractivity contribution in [1.82, 2.24) is 10.2 Å². The van der Waals surface area contributed by atoms with Crippen molar-refractivity contribution in [2.45, 2.75) is 5.92 Å². The van der Waals surface area contributed by atoms with Crippen LogP contribution in [0.1, 0.15) is 17.0 Å². The Bertz CT molecular complexity index is 1140. The van der Waals surface area contributed by atoms with Crippen molar-refractivity contribution >= 4 is 5.97 Å². The van der Waals surface area contributed by atoms with Crippen molar-refractivity contribution in [3.8, 4) is 28.6 Å². The lowest BCUT2D eigenvalue weighted by molar-refractivity contribution is -0.135. The smallest absolute Gasteiger partial charge is 0.324 e. The van der Waals surface area contributed by atoms with Crippen LogP contribution in [0, 0.1) is 0 Å². The van der Waals surface area contributed by atoms with E-state index in [1.165, 1.54) is 0 Å². The van der Waals surface area contributed by atoms with Crippen molar-refractivity contribution in [2.75, 3.05) is 14.2 Å². The highest BCUT2D eigenvalue weighted by atomic mass is 16.5. The van der Waals surface area contributed by atoms with Gasteiger partial charge in [-0.3, -0.25) is 4.79 Å². The first-order valence-corrected chi connectivity index (χ1v) is 10.1. The third-order valence-corrected chi connectivity index (χ3v) is 5.03. The summed E-state index contributed by atoms with van der Waals surface area (Å²) < 4.78 is 16.2. The SMILES string of the molecule is COc1ccc(-c2ccc(OC(=O)C(c3ccccc3)c3ccccc3)nn2)cc1OC. The first kappa shape index (κ1) is 21.1. The lowest BCUT2D eigenvalue weighted by Gasteiger charge is -2.16. The van der Waals surface area contributed by atoms with E-state index in [-0.39, 0.29) is 5.88 Å². The molecular weight excluding hydrogens is 404 g/mol. The van der Waals surface area contributed by atoms with Gasteiger partial charge in [-0.25, -0.2) is 0 Å². The van der Waals surface area contributed by atoms with Crippen LogP contribution in [0.4, 0.5) is 0 Å². The number of hydrogen-bond acceptors (Lipinski definition) is 6. The third kappa shape index (κ3) is 4.59. The second-order valence-corrected chi connectivity index (χ2v) is 7.00. The molecule has 0 spiro atoms. The van der Waals surface area contributed by atoms with E-state index in [2.05, 4.69) is 10.2 Å². The monoisotopic (exact) mass is 426 g/mol. The van der Waals surface area contributed by atoms with Crippen LogP contribution in [0.2, 0.25) is 0 Å². The van der Waals surface area contributed by atoms with Gasteiger partial charge in [0.05, 0.1) is 19.9 Å².